The lowest BCUT2D eigenvalue weighted by molar-refractivity contribution is -0.0511. The number of hydrogen-bond acceptors (Lipinski definition) is 7. The Morgan fingerprint density at radius 3 is 2.95 bits per heavy atom. The topological polar surface area (TPSA) is 140 Å². The summed E-state index contributed by atoms with van der Waals surface area (Å²) in [6.07, 6.45) is -3.26. The highest BCUT2D eigenvalue weighted by molar-refractivity contribution is 5.68. The number of fused-ring (bicyclic) bond motifs is 1. The van der Waals surface area contributed by atoms with Gasteiger partial charge in [0.15, 0.2) is 11.7 Å². The monoisotopic (exact) mass is 268 g/mol. The first kappa shape index (κ1) is 11.1. The van der Waals surface area contributed by atoms with Crippen LogP contribution in [0.25, 0.3) is 11.2 Å². The molecule has 4 atom stereocenters. The Labute approximate surface area is 108 Å². The van der Waals surface area contributed by atoms with Gasteiger partial charge in [-0.25, -0.2) is 9.97 Å². The van der Waals surface area contributed by atoms with E-state index in [-0.39, 0.29) is 23.0 Å². The van der Waals surface area contributed by atoms with E-state index in [2.05, 4.69) is 15.0 Å². The molecule has 0 spiro atoms. The number of ether oxygens (including phenoxy) is 1. The van der Waals surface area contributed by atoms with Gasteiger partial charge in [-0.2, -0.15) is 0 Å². The molecule has 0 aliphatic carbocycles. The van der Waals surface area contributed by atoms with Crippen LogP contribution >= 0.6 is 0 Å². The zero-order valence-corrected chi connectivity index (χ0v) is 9.69. The van der Waals surface area contributed by atoms with E-state index in [0.717, 1.165) is 0 Å². The van der Waals surface area contributed by atoms with Crippen molar-refractivity contribution in [3.05, 3.63) is 18.1 Å². The second-order valence-electron chi connectivity index (χ2n) is 4.28. The molecule has 5 N–H and O–H groups in total. The van der Waals surface area contributed by atoms with Crippen molar-refractivity contribution in [3.8, 4) is 0 Å². The first-order chi connectivity index (χ1) is 9.52. The first-order valence-corrected chi connectivity index (χ1v) is 5.63. The Morgan fingerprint density at radius 2 is 2.26 bits per heavy atom. The largest absolute Gasteiger partial charge is 0.394 e. The van der Waals surface area contributed by atoms with E-state index in [4.69, 9.17) is 16.6 Å². The molecule has 3 rings (SSSR count). The maximum atomic E-state index is 9.97. The van der Waals surface area contributed by atoms with Gasteiger partial charge in [0, 0.05) is 0 Å². The lowest BCUT2D eigenvalue weighted by Gasteiger charge is -2.16. The lowest BCUT2D eigenvalue weighted by Crippen LogP contribution is -2.33. The van der Waals surface area contributed by atoms with Crippen LogP contribution in [0.2, 0.25) is 0 Å². The molecule has 0 saturated carbocycles. The molecule has 0 amide bonds. The fourth-order valence-corrected chi connectivity index (χ4v) is 2.15. The zero-order valence-electron chi connectivity index (χ0n) is 10.7. The number of aliphatic hydroxyl groups excluding tert-OH is 3. The Morgan fingerprint density at radius 1 is 1.47 bits per heavy atom. The smallest absolute Gasteiger partial charge is 0.176 e. The van der Waals surface area contributed by atoms with E-state index < -0.39 is 31.1 Å². The normalized spacial score (nSPS) is 31.8. The number of aromatic amines is 1. The van der Waals surface area contributed by atoms with Crippen LogP contribution in [0.4, 0.5) is 0 Å². The third-order valence-electron chi connectivity index (χ3n) is 3.15. The molecule has 2 aromatic heterocycles. The Bertz CT molecular complexity index is 701. The third-order valence-corrected chi connectivity index (χ3v) is 3.15. The highest BCUT2D eigenvalue weighted by Gasteiger charge is 2.43. The van der Waals surface area contributed by atoms with Crippen molar-refractivity contribution in [2.45, 2.75) is 24.5 Å². The van der Waals surface area contributed by atoms with Crippen LogP contribution in [0.15, 0.2) is 12.6 Å². The zero-order chi connectivity index (χ0) is 14.4. The van der Waals surface area contributed by atoms with Gasteiger partial charge in [0.25, 0.3) is 0 Å². The summed E-state index contributed by atoms with van der Waals surface area (Å²) in [5.41, 5.74) is 0.331. The minimum Gasteiger partial charge on any atom is -0.394 e. The summed E-state index contributed by atoms with van der Waals surface area (Å²) >= 11 is 0. The Hall–Kier alpha value is -1.81. The number of nitrogens with one attached hydrogen (secondary N) is 2. The van der Waals surface area contributed by atoms with Crippen LogP contribution in [-0.4, -0.2) is 59.8 Å². The van der Waals surface area contributed by atoms with Gasteiger partial charge in [-0.15, -0.1) is 0 Å². The SMILES string of the molecule is [2H]c1nc(=N)c2ncn(C3O[C@H](CO)[C@@H](O)[C@H]3O)c2[nH]1. The summed E-state index contributed by atoms with van der Waals surface area (Å²) in [5.74, 6) is 0. The molecule has 1 fully saturated rings. The maximum absolute atomic E-state index is 9.97. The van der Waals surface area contributed by atoms with Gasteiger partial charge in [-0.05, 0) is 0 Å². The van der Waals surface area contributed by atoms with Crippen molar-refractivity contribution in [2.75, 3.05) is 6.61 Å². The molecular weight excluding hydrogens is 254 g/mol. The van der Waals surface area contributed by atoms with E-state index in [1.165, 1.54) is 10.9 Å². The molecule has 1 aliphatic rings. The van der Waals surface area contributed by atoms with E-state index in [1.54, 1.807) is 0 Å². The molecule has 19 heavy (non-hydrogen) atoms. The average molecular weight is 268 g/mol. The third kappa shape index (κ3) is 1.75. The number of H-pyrrole nitrogens is 1. The predicted molar refractivity (Wildman–Crippen MR) is 60.7 cm³/mol. The number of rotatable bonds is 2. The highest BCUT2D eigenvalue weighted by Crippen LogP contribution is 2.30. The first-order valence-electron chi connectivity index (χ1n) is 6.13. The second kappa shape index (κ2) is 4.38. The molecule has 2 aromatic rings. The number of nitrogens with zero attached hydrogens (tertiary/aromatic N) is 3. The molecule has 1 saturated heterocycles. The summed E-state index contributed by atoms with van der Waals surface area (Å²) in [7, 11) is 0. The van der Waals surface area contributed by atoms with Gasteiger partial charge < -0.3 is 25.0 Å². The van der Waals surface area contributed by atoms with Gasteiger partial charge in [0.2, 0.25) is 0 Å². The summed E-state index contributed by atoms with van der Waals surface area (Å²) in [6, 6.07) is 0. The summed E-state index contributed by atoms with van der Waals surface area (Å²) in [6.45, 7) is -0.431. The van der Waals surface area contributed by atoms with Crippen LogP contribution in [0.5, 0.6) is 0 Å². The van der Waals surface area contributed by atoms with E-state index in [1.807, 2.05) is 0 Å². The van der Waals surface area contributed by atoms with Crippen molar-refractivity contribution in [3.63, 3.8) is 0 Å². The Balaban J connectivity index is 2.09. The van der Waals surface area contributed by atoms with Crippen molar-refractivity contribution < 1.29 is 21.4 Å². The molecule has 9 heteroatoms. The van der Waals surface area contributed by atoms with Crippen LogP contribution in [0, 0.1) is 5.41 Å². The molecule has 9 nitrogen and oxygen atoms in total. The van der Waals surface area contributed by atoms with Gasteiger partial charge in [0.05, 0.1) is 19.2 Å². The summed E-state index contributed by atoms with van der Waals surface area (Å²) < 4.78 is 14.2. The number of aliphatic hydroxyl groups is 3. The maximum Gasteiger partial charge on any atom is 0.176 e. The molecule has 102 valence electrons. The standard InChI is InChI=1S/C10H13N5O4/c11-8-5-9(13-2-12-8)15(3-14-5)10-7(18)6(17)4(1-16)19-10/h2-4,6-7,10,16-18H,1H2,(H2,11,12,13)/t4-,6-,7-,10?/m1/s1/i2D. The number of imidazole rings is 1. The lowest BCUT2D eigenvalue weighted by atomic mass is 10.1. The number of aromatic nitrogens is 4. The molecule has 3 heterocycles. The van der Waals surface area contributed by atoms with Crippen molar-refractivity contribution in [2.24, 2.45) is 0 Å². The van der Waals surface area contributed by atoms with E-state index >= 15 is 0 Å². The summed E-state index contributed by atoms with van der Waals surface area (Å²) in [5, 5.41) is 36.4. The van der Waals surface area contributed by atoms with Crippen LogP contribution in [-0.2, 0) is 4.74 Å². The van der Waals surface area contributed by atoms with Crippen LogP contribution < -0.4 is 5.49 Å². The summed E-state index contributed by atoms with van der Waals surface area (Å²) in [4.78, 5) is 10.2. The van der Waals surface area contributed by atoms with Gasteiger partial charge in [-0.3, -0.25) is 9.98 Å². The fraction of sp³-hybridized carbons (Fsp3) is 0.500. The average Bonchev–Trinajstić information content (AvgIpc) is 2.93. The second-order valence-corrected chi connectivity index (χ2v) is 4.28. The van der Waals surface area contributed by atoms with Gasteiger partial charge in [0.1, 0.15) is 30.8 Å². The minimum absolute atomic E-state index is 0.172. The predicted octanol–water partition coefficient (Wildman–Crippen LogP) is -2.15. The molecule has 0 radical (unpaired) electrons. The molecule has 0 bridgehead atoms. The van der Waals surface area contributed by atoms with Gasteiger partial charge in [-0.1, -0.05) is 0 Å². The fourth-order valence-electron chi connectivity index (χ4n) is 2.15. The molecular formula is C10H13N5O4. The molecule has 1 aliphatic heterocycles. The van der Waals surface area contributed by atoms with E-state index in [9.17, 15) is 10.2 Å². The minimum atomic E-state index is -1.26. The van der Waals surface area contributed by atoms with Crippen LogP contribution in [0.1, 0.15) is 7.60 Å². The van der Waals surface area contributed by atoms with Gasteiger partial charge >= 0.3 is 0 Å². The van der Waals surface area contributed by atoms with Crippen molar-refractivity contribution >= 4 is 11.2 Å². The highest BCUT2D eigenvalue weighted by atomic mass is 16.6. The number of hydrogen-bond donors (Lipinski definition) is 5. The van der Waals surface area contributed by atoms with E-state index in [0.29, 0.717) is 0 Å². The van der Waals surface area contributed by atoms with Crippen molar-refractivity contribution in [1.29, 1.82) is 5.41 Å². The van der Waals surface area contributed by atoms with Crippen molar-refractivity contribution in [1.82, 2.24) is 19.5 Å². The molecule has 1 unspecified atom stereocenters. The molecule has 0 aromatic carbocycles. The quantitative estimate of drug-likeness (QED) is 0.420. The van der Waals surface area contributed by atoms with Crippen LogP contribution in [0.3, 0.4) is 0 Å². The Kier molecular flexibility index (Phi) is 2.55.